The van der Waals surface area contributed by atoms with Crippen LogP contribution in [0.25, 0.3) is 16.6 Å². The molecule has 2 amide bonds. The molecule has 1 aliphatic heterocycles. The van der Waals surface area contributed by atoms with Gasteiger partial charge in [0.2, 0.25) is 11.8 Å². The molecule has 0 atom stereocenters. The molecule has 1 saturated heterocycles. The zero-order chi connectivity index (χ0) is 19.7. The lowest BCUT2D eigenvalue weighted by atomic mass is 10.0. The molecule has 0 aliphatic carbocycles. The predicted molar refractivity (Wildman–Crippen MR) is 107 cm³/mol. The molecular weight excluding hydrogens is 354 g/mol. The summed E-state index contributed by atoms with van der Waals surface area (Å²) in [6.07, 6.45) is 2.11. The van der Waals surface area contributed by atoms with E-state index in [-0.39, 0.29) is 24.2 Å². The molecule has 0 unspecified atom stereocenters. The fourth-order valence-electron chi connectivity index (χ4n) is 3.45. The molecule has 2 aromatic carbocycles. The minimum absolute atomic E-state index is 0.107. The number of nitrogens with two attached hydrogens (primary N) is 1. The minimum atomic E-state index is -0.372. The van der Waals surface area contributed by atoms with E-state index >= 15 is 0 Å². The molecule has 0 bridgehead atoms. The number of nitrogens with zero attached hydrogens (tertiary/aromatic N) is 3. The van der Waals surface area contributed by atoms with Crippen LogP contribution < -0.4 is 11.1 Å². The molecule has 7 heteroatoms. The highest BCUT2D eigenvalue weighted by Crippen LogP contribution is 2.20. The molecule has 7 nitrogen and oxygen atoms in total. The molecule has 28 heavy (non-hydrogen) atoms. The Balaban J connectivity index is 1.52. The Bertz CT molecular complexity index is 1020. The highest BCUT2D eigenvalue weighted by Gasteiger charge is 2.27. The van der Waals surface area contributed by atoms with Gasteiger partial charge in [0.05, 0.1) is 23.5 Å². The van der Waals surface area contributed by atoms with Gasteiger partial charge < -0.3 is 16.0 Å². The van der Waals surface area contributed by atoms with Crippen molar-refractivity contribution in [1.82, 2.24) is 20.0 Å². The minimum Gasteiger partial charge on any atom is -0.369 e. The van der Waals surface area contributed by atoms with Crippen molar-refractivity contribution in [2.45, 2.75) is 13.0 Å². The van der Waals surface area contributed by atoms with Crippen molar-refractivity contribution in [2.75, 3.05) is 20.1 Å². The van der Waals surface area contributed by atoms with Crippen molar-refractivity contribution in [3.8, 4) is 5.69 Å². The van der Waals surface area contributed by atoms with Crippen molar-refractivity contribution in [2.24, 2.45) is 11.7 Å². The average molecular weight is 377 g/mol. The summed E-state index contributed by atoms with van der Waals surface area (Å²) in [5.41, 5.74) is 8.93. The third-order valence-corrected chi connectivity index (χ3v) is 5.11. The quantitative estimate of drug-likeness (QED) is 0.676. The Kier molecular flexibility index (Phi) is 4.83. The maximum Gasteiger partial charge on any atom is 0.228 e. The van der Waals surface area contributed by atoms with E-state index in [1.807, 2.05) is 55.7 Å². The van der Waals surface area contributed by atoms with Crippen LogP contribution in [0.3, 0.4) is 0 Å². The molecule has 1 aromatic heterocycles. The maximum atomic E-state index is 12.3. The summed E-state index contributed by atoms with van der Waals surface area (Å²) < 4.78 is 1.80. The third-order valence-electron chi connectivity index (χ3n) is 5.11. The summed E-state index contributed by atoms with van der Waals surface area (Å²) in [5.74, 6) is -0.0822. The molecule has 0 saturated carbocycles. The smallest absolute Gasteiger partial charge is 0.228 e. The van der Waals surface area contributed by atoms with E-state index in [2.05, 4.69) is 10.4 Å². The van der Waals surface area contributed by atoms with E-state index in [1.54, 1.807) is 9.58 Å². The van der Waals surface area contributed by atoms with Gasteiger partial charge in [-0.25, -0.2) is 4.68 Å². The van der Waals surface area contributed by atoms with Gasteiger partial charge in [-0.1, -0.05) is 30.3 Å². The maximum absolute atomic E-state index is 12.3. The lowest BCUT2D eigenvalue weighted by Gasteiger charge is -2.30. The SMILES string of the molecule is CN(Cc1ccc(-n2cc3cccc(CC(N)=O)c3n2)cc1)C(=O)C1CNC1. The number of hydrogen-bond donors (Lipinski definition) is 2. The summed E-state index contributed by atoms with van der Waals surface area (Å²) in [6, 6.07) is 13.7. The standard InChI is InChI=1S/C21H23N5O2/c1-25(21(28)17-10-23-11-17)12-14-5-7-18(8-6-14)26-13-16-4-2-3-15(9-19(22)27)20(16)24-26/h2-8,13,17,23H,9-12H2,1H3,(H2,22,27). The normalized spacial score (nSPS) is 14.0. The van der Waals surface area contributed by atoms with Gasteiger partial charge in [0.15, 0.2) is 0 Å². The Morgan fingerprint density at radius 2 is 1.96 bits per heavy atom. The molecule has 1 aliphatic rings. The number of hydrogen-bond acceptors (Lipinski definition) is 4. The predicted octanol–water partition coefficient (Wildman–Crippen LogP) is 1.23. The molecule has 0 radical (unpaired) electrons. The first-order chi connectivity index (χ1) is 13.5. The zero-order valence-electron chi connectivity index (χ0n) is 15.8. The molecule has 4 rings (SSSR count). The topological polar surface area (TPSA) is 93.2 Å². The van der Waals surface area contributed by atoms with Gasteiger partial charge in [-0.05, 0) is 23.3 Å². The molecule has 0 spiro atoms. The number of carbonyl (C=O) groups is 2. The number of aromatic nitrogens is 2. The highest BCUT2D eigenvalue weighted by atomic mass is 16.2. The first-order valence-corrected chi connectivity index (χ1v) is 9.32. The zero-order valence-corrected chi connectivity index (χ0v) is 15.8. The lowest BCUT2D eigenvalue weighted by Crippen LogP contribution is -2.50. The van der Waals surface area contributed by atoms with E-state index < -0.39 is 0 Å². The second kappa shape index (κ2) is 7.44. The van der Waals surface area contributed by atoms with Crippen LogP contribution in [0.4, 0.5) is 0 Å². The number of fused-ring (bicyclic) bond motifs is 1. The largest absolute Gasteiger partial charge is 0.369 e. The fourth-order valence-corrected chi connectivity index (χ4v) is 3.45. The van der Waals surface area contributed by atoms with Crippen LogP contribution in [-0.2, 0) is 22.6 Å². The van der Waals surface area contributed by atoms with E-state index in [1.165, 1.54) is 0 Å². The van der Waals surface area contributed by atoms with Crippen molar-refractivity contribution in [3.05, 3.63) is 59.8 Å². The molecule has 144 valence electrons. The average Bonchev–Trinajstić information content (AvgIpc) is 3.05. The molecule has 1 fully saturated rings. The van der Waals surface area contributed by atoms with Crippen LogP contribution in [0.2, 0.25) is 0 Å². The molecule has 2 heterocycles. The van der Waals surface area contributed by atoms with Gasteiger partial charge in [-0.2, -0.15) is 5.10 Å². The third kappa shape index (κ3) is 3.61. The molecule has 3 N–H and O–H groups in total. The molecule has 3 aromatic rings. The van der Waals surface area contributed by atoms with Gasteiger partial charge >= 0.3 is 0 Å². The number of amides is 2. The van der Waals surface area contributed by atoms with Crippen LogP contribution in [0.1, 0.15) is 11.1 Å². The number of carbonyl (C=O) groups excluding carboxylic acids is 2. The van der Waals surface area contributed by atoms with E-state index in [0.29, 0.717) is 6.54 Å². The number of benzene rings is 2. The van der Waals surface area contributed by atoms with E-state index in [9.17, 15) is 9.59 Å². The summed E-state index contributed by atoms with van der Waals surface area (Å²) in [6.45, 7) is 2.12. The van der Waals surface area contributed by atoms with Crippen molar-refractivity contribution < 1.29 is 9.59 Å². The Morgan fingerprint density at radius 3 is 2.61 bits per heavy atom. The van der Waals surface area contributed by atoms with Crippen LogP contribution >= 0.6 is 0 Å². The highest BCUT2D eigenvalue weighted by molar-refractivity contribution is 5.87. The number of nitrogens with one attached hydrogen (secondary N) is 1. The van der Waals surface area contributed by atoms with Crippen LogP contribution in [0.5, 0.6) is 0 Å². The van der Waals surface area contributed by atoms with Crippen LogP contribution in [0, 0.1) is 5.92 Å². The van der Waals surface area contributed by atoms with Crippen LogP contribution in [-0.4, -0.2) is 46.6 Å². The van der Waals surface area contributed by atoms with E-state index in [0.717, 1.165) is 40.8 Å². The number of primary amides is 1. The second-order valence-corrected chi connectivity index (χ2v) is 7.29. The van der Waals surface area contributed by atoms with Crippen LogP contribution in [0.15, 0.2) is 48.7 Å². The Hall–Kier alpha value is -3.19. The summed E-state index contributed by atoms with van der Waals surface area (Å²) in [7, 11) is 1.84. The lowest BCUT2D eigenvalue weighted by molar-refractivity contribution is -0.136. The van der Waals surface area contributed by atoms with Gasteiger partial charge in [-0.3, -0.25) is 9.59 Å². The Labute approximate surface area is 163 Å². The summed E-state index contributed by atoms with van der Waals surface area (Å²) >= 11 is 0. The van der Waals surface area contributed by atoms with E-state index in [4.69, 9.17) is 5.73 Å². The fraction of sp³-hybridized carbons (Fsp3) is 0.286. The van der Waals surface area contributed by atoms with Crippen molar-refractivity contribution >= 4 is 22.7 Å². The monoisotopic (exact) mass is 377 g/mol. The van der Waals surface area contributed by atoms with Gasteiger partial charge in [0.25, 0.3) is 0 Å². The van der Waals surface area contributed by atoms with Gasteiger partial charge in [0, 0.05) is 38.3 Å². The van der Waals surface area contributed by atoms with Gasteiger partial charge in [-0.15, -0.1) is 0 Å². The first-order valence-electron chi connectivity index (χ1n) is 9.32. The Morgan fingerprint density at radius 1 is 1.21 bits per heavy atom. The first kappa shape index (κ1) is 18.2. The second-order valence-electron chi connectivity index (χ2n) is 7.29. The number of rotatable bonds is 6. The van der Waals surface area contributed by atoms with Crippen molar-refractivity contribution in [1.29, 1.82) is 0 Å². The molecular formula is C21H23N5O2. The summed E-state index contributed by atoms with van der Waals surface area (Å²) in [4.78, 5) is 25.3. The summed E-state index contributed by atoms with van der Waals surface area (Å²) in [5, 5.41) is 8.72. The van der Waals surface area contributed by atoms with Crippen molar-refractivity contribution in [3.63, 3.8) is 0 Å². The van der Waals surface area contributed by atoms with Gasteiger partial charge in [0.1, 0.15) is 0 Å².